The number of aromatic nitrogens is 1. The fraction of sp³-hybridized carbons (Fsp3) is 0.143. The molecule has 2 heterocycles. The van der Waals surface area contributed by atoms with Crippen LogP contribution >= 0.6 is 11.3 Å². The van der Waals surface area contributed by atoms with E-state index >= 15 is 0 Å². The van der Waals surface area contributed by atoms with Crippen molar-refractivity contribution in [3.8, 4) is 0 Å². The molecule has 6 nitrogen and oxygen atoms in total. The Morgan fingerprint density at radius 2 is 2.19 bits per heavy atom. The molecular weight excluding hydrogens is 290 g/mol. The van der Waals surface area contributed by atoms with Crippen molar-refractivity contribution in [1.29, 1.82) is 0 Å². The predicted molar refractivity (Wildman–Crippen MR) is 78.8 cm³/mol. The van der Waals surface area contributed by atoms with E-state index in [1.54, 1.807) is 23.6 Å². The predicted octanol–water partition coefficient (Wildman–Crippen LogP) is 2.09. The van der Waals surface area contributed by atoms with Crippen LogP contribution in [0.15, 0.2) is 23.6 Å². The number of carbonyl (C=O) groups is 3. The third kappa shape index (κ3) is 2.68. The van der Waals surface area contributed by atoms with E-state index in [2.05, 4.69) is 15.6 Å². The van der Waals surface area contributed by atoms with E-state index in [-0.39, 0.29) is 17.6 Å². The number of Topliss-reactive ketones (excluding diaryl/α,β-unsaturated/α-hetero) is 1. The van der Waals surface area contributed by atoms with Crippen LogP contribution in [0.4, 0.5) is 10.8 Å². The molecule has 2 aromatic rings. The standard InChI is InChI=1S/C14H11N3O3S/c1-7(18)11-6-21-14(16-11)17-13(20)9-3-2-8-5-12(19)15-10(8)4-9/h2-4,6H,5H2,1H3,(H,15,19)(H,16,17,20). The van der Waals surface area contributed by atoms with Crippen LogP contribution in [0, 0.1) is 0 Å². The molecule has 0 fully saturated rings. The quantitative estimate of drug-likeness (QED) is 0.850. The first-order chi connectivity index (χ1) is 10.0. The zero-order chi connectivity index (χ0) is 15.0. The van der Waals surface area contributed by atoms with Gasteiger partial charge in [0.15, 0.2) is 10.9 Å². The molecule has 1 aromatic heterocycles. The summed E-state index contributed by atoms with van der Waals surface area (Å²) in [7, 11) is 0. The summed E-state index contributed by atoms with van der Waals surface area (Å²) in [6, 6.07) is 5.05. The average molecular weight is 301 g/mol. The summed E-state index contributed by atoms with van der Waals surface area (Å²) in [5, 5.41) is 7.31. The Bertz CT molecular complexity index is 767. The molecule has 1 aliphatic rings. The van der Waals surface area contributed by atoms with Crippen LogP contribution in [0.2, 0.25) is 0 Å². The molecular formula is C14H11N3O3S. The van der Waals surface area contributed by atoms with E-state index in [1.165, 1.54) is 18.3 Å². The Labute approximate surface area is 124 Å². The molecule has 0 radical (unpaired) electrons. The largest absolute Gasteiger partial charge is 0.326 e. The van der Waals surface area contributed by atoms with Gasteiger partial charge in [0.05, 0.1) is 6.42 Å². The molecule has 21 heavy (non-hydrogen) atoms. The highest BCUT2D eigenvalue weighted by molar-refractivity contribution is 7.14. The Morgan fingerprint density at radius 3 is 2.90 bits per heavy atom. The number of amides is 2. The van der Waals surface area contributed by atoms with Gasteiger partial charge in [0.2, 0.25) is 5.91 Å². The number of hydrogen-bond donors (Lipinski definition) is 2. The molecule has 3 rings (SSSR count). The first-order valence-electron chi connectivity index (χ1n) is 6.23. The van der Waals surface area contributed by atoms with Crippen molar-refractivity contribution in [2.45, 2.75) is 13.3 Å². The van der Waals surface area contributed by atoms with Gasteiger partial charge in [0.1, 0.15) is 5.69 Å². The van der Waals surface area contributed by atoms with Gasteiger partial charge in [0.25, 0.3) is 5.91 Å². The number of nitrogens with zero attached hydrogens (tertiary/aromatic N) is 1. The third-order valence-electron chi connectivity index (χ3n) is 3.08. The van der Waals surface area contributed by atoms with Gasteiger partial charge < -0.3 is 5.32 Å². The van der Waals surface area contributed by atoms with Gasteiger partial charge in [-0.1, -0.05) is 6.07 Å². The Hall–Kier alpha value is -2.54. The maximum atomic E-state index is 12.1. The van der Waals surface area contributed by atoms with Crippen LogP contribution in [-0.2, 0) is 11.2 Å². The van der Waals surface area contributed by atoms with Gasteiger partial charge in [-0.15, -0.1) is 11.3 Å². The van der Waals surface area contributed by atoms with Crippen molar-refractivity contribution in [3.63, 3.8) is 0 Å². The van der Waals surface area contributed by atoms with E-state index in [0.29, 0.717) is 28.5 Å². The molecule has 1 aromatic carbocycles. The lowest BCUT2D eigenvalue weighted by Gasteiger charge is -2.04. The number of nitrogens with one attached hydrogen (secondary N) is 2. The molecule has 0 bridgehead atoms. The van der Waals surface area contributed by atoms with Crippen molar-refractivity contribution in [3.05, 3.63) is 40.4 Å². The summed E-state index contributed by atoms with van der Waals surface area (Å²) in [6.45, 7) is 1.42. The summed E-state index contributed by atoms with van der Waals surface area (Å²) >= 11 is 1.19. The summed E-state index contributed by atoms with van der Waals surface area (Å²) in [5.41, 5.74) is 2.30. The van der Waals surface area contributed by atoms with Gasteiger partial charge in [-0.2, -0.15) is 0 Å². The monoisotopic (exact) mass is 301 g/mol. The Morgan fingerprint density at radius 1 is 1.38 bits per heavy atom. The summed E-state index contributed by atoms with van der Waals surface area (Å²) in [4.78, 5) is 38.6. The molecule has 2 N–H and O–H groups in total. The van der Waals surface area contributed by atoms with Gasteiger partial charge in [0, 0.05) is 23.6 Å². The second-order valence-corrected chi connectivity index (χ2v) is 5.50. The van der Waals surface area contributed by atoms with E-state index in [0.717, 1.165) is 5.56 Å². The van der Waals surface area contributed by atoms with E-state index < -0.39 is 0 Å². The summed E-state index contributed by atoms with van der Waals surface area (Å²) in [6.07, 6.45) is 0.339. The molecule has 0 unspecified atom stereocenters. The average Bonchev–Trinajstić information content (AvgIpc) is 3.02. The number of carbonyl (C=O) groups excluding carboxylic acids is 3. The summed E-state index contributed by atoms with van der Waals surface area (Å²) in [5.74, 6) is -0.552. The maximum absolute atomic E-state index is 12.1. The van der Waals surface area contributed by atoms with Crippen LogP contribution in [0.1, 0.15) is 33.3 Å². The molecule has 0 atom stereocenters. The maximum Gasteiger partial charge on any atom is 0.257 e. The molecule has 1 aliphatic heterocycles. The first kappa shape index (κ1) is 13.4. The molecule has 0 saturated heterocycles. The SMILES string of the molecule is CC(=O)c1csc(NC(=O)c2ccc3c(c2)NC(=O)C3)n1. The number of fused-ring (bicyclic) bond motifs is 1. The highest BCUT2D eigenvalue weighted by Gasteiger charge is 2.19. The normalized spacial score (nSPS) is 12.7. The van der Waals surface area contributed by atoms with Crippen LogP contribution in [0.25, 0.3) is 0 Å². The number of rotatable bonds is 3. The number of hydrogen-bond acceptors (Lipinski definition) is 5. The van der Waals surface area contributed by atoms with E-state index in [9.17, 15) is 14.4 Å². The number of thiazole rings is 1. The smallest absolute Gasteiger partial charge is 0.257 e. The zero-order valence-electron chi connectivity index (χ0n) is 11.1. The minimum Gasteiger partial charge on any atom is -0.326 e. The Kier molecular flexibility index (Phi) is 3.26. The number of ketones is 1. The Balaban J connectivity index is 1.78. The van der Waals surface area contributed by atoms with Crippen molar-refractivity contribution >= 4 is 39.8 Å². The van der Waals surface area contributed by atoms with E-state index in [4.69, 9.17) is 0 Å². The lowest BCUT2D eigenvalue weighted by Crippen LogP contribution is -2.12. The lowest BCUT2D eigenvalue weighted by molar-refractivity contribution is -0.115. The van der Waals surface area contributed by atoms with Crippen molar-refractivity contribution in [2.75, 3.05) is 10.6 Å². The molecule has 0 spiro atoms. The number of benzene rings is 1. The number of anilines is 2. The van der Waals surface area contributed by atoms with Crippen molar-refractivity contribution in [1.82, 2.24) is 4.98 Å². The molecule has 0 saturated carbocycles. The van der Waals surface area contributed by atoms with Gasteiger partial charge >= 0.3 is 0 Å². The second-order valence-electron chi connectivity index (χ2n) is 4.65. The molecule has 7 heteroatoms. The van der Waals surface area contributed by atoms with Crippen LogP contribution in [0.3, 0.4) is 0 Å². The van der Waals surface area contributed by atoms with Crippen LogP contribution in [-0.4, -0.2) is 22.6 Å². The lowest BCUT2D eigenvalue weighted by atomic mass is 10.1. The van der Waals surface area contributed by atoms with Crippen molar-refractivity contribution in [2.24, 2.45) is 0 Å². The summed E-state index contributed by atoms with van der Waals surface area (Å²) < 4.78 is 0. The fourth-order valence-corrected chi connectivity index (χ4v) is 2.76. The zero-order valence-corrected chi connectivity index (χ0v) is 11.9. The second kappa shape index (κ2) is 5.10. The molecule has 0 aliphatic carbocycles. The third-order valence-corrected chi connectivity index (χ3v) is 3.84. The molecule has 2 amide bonds. The minimum atomic E-state index is -0.330. The van der Waals surface area contributed by atoms with Crippen molar-refractivity contribution < 1.29 is 14.4 Å². The highest BCUT2D eigenvalue weighted by Crippen LogP contribution is 2.25. The topological polar surface area (TPSA) is 88.2 Å². The van der Waals surface area contributed by atoms with Crippen LogP contribution < -0.4 is 10.6 Å². The van der Waals surface area contributed by atoms with Gasteiger partial charge in [-0.25, -0.2) is 4.98 Å². The fourth-order valence-electron chi connectivity index (χ4n) is 2.02. The van der Waals surface area contributed by atoms with Gasteiger partial charge in [-0.05, 0) is 17.7 Å². The highest BCUT2D eigenvalue weighted by atomic mass is 32.1. The van der Waals surface area contributed by atoms with Gasteiger partial charge in [-0.3, -0.25) is 19.7 Å². The first-order valence-corrected chi connectivity index (χ1v) is 7.11. The molecule has 106 valence electrons. The van der Waals surface area contributed by atoms with Crippen LogP contribution in [0.5, 0.6) is 0 Å². The minimum absolute atomic E-state index is 0.0754. The van der Waals surface area contributed by atoms with E-state index in [1.807, 2.05) is 0 Å².